The van der Waals surface area contributed by atoms with Crippen LogP contribution in [0.2, 0.25) is 0 Å². The zero-order chi connectivity index (χ0) is 22.1. The van der Waals surface area contributed by atoms with Crippen LogP contribution >= 0.6 is 15.9 Å². The van der Waals surface area contributed by atoms with Crippen LogP contribution in [0.4, 0.5) is 5.69 Å². The SMILES string of the molecule is O=C(CN1CCC2(CC1)N=C(c1ccc(Br)cc1)C(=O)N2)Nc1ccc2c(c1)OCCO2. The van der Waals surface area contributed by atoms with Gasteiger partial charge in [0.15, 0.2) is 11.5 Å². The van der Waals surface area contributed by atoms with Gasteiger partial charge in [0, 0.05) is 47.7 Å². The standard InChI is InChI=1S/C23H23BrN4O4/c24-16-3-1-15(2-4-16)21-22(30)27-23(26-21)7-9-28(10-8-23)14-20(29)25-17-5-6-18-19(13-17)32-12-11-31-18/h1-6,13H,7-12,14H2,(H,25,29)(H,27,30). The highest BCUT2D eigenvalue weighted by atomic mass is 79.9. The van der Waals surface area contributed by atoms with Crippen LogP contribution in [0.1, 0.15) is 18.4 Å². The summed E-state index contributed by atoms with van der Waals surface area (Å²) in [4.78, 5) is 32.0. The average molecular weight is 499 g/mol. The average Bonchev–Trinajstić information content (AvgIpc) is 3.11. The van der Waals surface area contributed by atoms with Crippen molar-refractivity contribution in [3.63, 3.8) is 0 Å². The van der Waals surface area contributed by atoms with Gasteiger partial charge in [-0.1, -0.05) is 28.1 Å². The van der Waals surface area contributed by atoms with E-state index in [2.05, 4.69) is 31.5 Å². The Balaban J connectivity index is 1.17. The molecule has 32 heavy (non-hydrogen) atoms. The van der Waals surface area contributed by atoms with Crippen molar-refractivity contribution in [3.05, 3.63) is 52.5 Å². The predicted octanol–water partition coefficient (Wildman–Crippen LogP) is 2.57. The summed E-state index contributed by atoms with van der Waals surface area (Å²) >= 11 is 3.41. The van der Waals surface area contributed by atoms with Crippen LogP contribution < -0.4 is 20.1 Å². The van der Waals surface area contributed by atoms with Crippen LogP contribution in [0.15, 0.2) is 51.9 Å². The number of nitrogens with one attached hydrogen (secondary N) is 2. The maximum Gasteiger partial charge on any atom is 0.272 e. The van der Waals surface area contributed by atoms with Crippen molar-refractivity contribution < 1.29 is 19.1 Å². The first-order valence-corrected chi connectivity index (χ1v) is 11.4. The molecule has 3 aliphatic heterocycles. The number of piperidine rings is 1. The molecule has 0 saturated carbocycles. The summed E-state index contributed by atoms with van der Waals surface area (Å²) < 4.78 is 12.0. The van der Waals surface area contributed by atoms with Crippen molar-refractivity contribution in [3.8, 4) is 11.5 Å². The topological polar surface area (TPSA) is 92.3 Å². The van der Waals surface area contributed by atoms with Gasteiger partial charge in [-0.05, 0) is 24.3 Å². The van der Waals surface area contributed by atoms with Crippen molar-refractivity contribution in [2.45, 2.75) is 18.5 Å². The fourth-order valence-corrected chi connectivity index (χ4v) is 4.47. The van der Waals surface area contributed by atoms with E-state index < -0.39 is 5.66 Å². The lowest BCUT2D eigenvalue weighted by Gasteiger charge is -2.36. The number of hydrogen-bond donors (Lipinski definition) is 2. The number of rotatable bonds is 4. The van der Waals surface area contributed by atoms with Gasteiger partial charge in [-0.15, -0.1) is 0 Å². The molecule has 2 aromatic carbocycles. The molecule has 166 valence electrons. The Morgan fingerprint density at radius 3 is 2.56 bits per heavy atom. The van der Waals surface area contributed by atoms with Crippen molar-refractivity contribution in [1.82, 2.24) is 10.2 Å². The van der Waals surface area contributed by atoms with Crippen LogP contribution in [0, 0.1) is 0 Å². The molecule has 1 saturated heterocycles. The number of ether oxygens (including phenoxy) is 2. The van der Waals surface area contributed by atoms with Crippen molar-refractivity contribution in [1.29, 1.82) is 0 Å². The third-order valence-electron chi connectivity index (χ3n) is 5.88. The second kappa shape index (κ2) is 8.55. The molecule has 0 aliphatic carbocycles. The lowest BCUT2D eigenvalue weighted by molar-refractivity contribution is -0.119. The van der Waals surface area contributed by atoms with Crippen LogP contribution in [0.25, 0.3) is 0 Å². The quantitative estimate of drug-likeness (QED) is 0.675. The molecule has 2 N–H and O–H groups in total. The van der Waals surface area contributed by atoms with Crippen LogP contribution in [-0.4, -0.2) is 60.9 Å². The zero-order valence-electron chi connectivity index (χ0n) is 17.4. The molecule has 9 heteroatoms. The molecule has 0 aromatic heterocycles. The van der Waals surface area contributed by atoms with Crippen LogP contribution in [0.5, 0.6) is 11.5 Å². The second-order valence-electron chi connectivity index (χ2n) is 8.14. The number of carbonyl (C=O) groups excluding carboxylic acids is 2. The highest BCUT2D eigenvalue weighted by Gasteiger charge is 2.42. The number of carbonyl (C=O) groups is 2. The van der Waals surface area contributed by atoms with E-state index in [4.69, 9.17) is 14.5 Å². The molecular formula is C23H23BrN4O4. The van der Waals surface area contributed by atoms with Gasteiger partial charge in [-0.2, -0.15) is 0 Å². The van der Waals surface area contributed by atoms with E-state index in [9.17, 15) is 9.59 Å². The molecule has 1 spiro atoms. The number of nitrogens with zero attached hydrogens (tertiary/aromatic N) is 2. The van der Waals surface area contributed by atoms with Gasteiger partial charge in [0.1, 0.15) is 24.6 Å². The van der Waals surface area contributed by atoms with Crippen molar-refractivity contribution >= 4 is 39.1 Å². The van der Waals surface area contributed by atoms with Gasteiger partial charge in [-0.3, -0.25) is 19.5 Å². The molecular weight excluding hydrogens is 476 g/mol. The van der Waals surface area contributed by atoms with E-state index in [1.165, 1.54) is 0 Å². The fourth-order valence-electron chi connectivity index (χ4n) is 4.21. The summed E-state index contributed by atoms with van der Waals surface area (Å²) in [6.45, 7) is 2.66. The van der Waals surface area contributed by atoms with E-state index in [-0.39, 0.29) is 18.4 Å². The Labute approximate surface area is 194 Å². The molecule has 3 aliphatic rings. The Morgan fingerprint density at radius 2 is 1.81 bits per heavy atom. The number of fused-ring (bicyclic) bond motifs is 1. The van der Waals surface area contributed by atoms with Gasteiger partial charge >= 0.3 is 0 Å². The first-order valence-electron chi connectivity index (χ1n) is 10.6. The van der Waals surface area contributed by atoms with Gasteiger partial charge in [0.2, 0.25) is 5.91 Å². The highest BCUT2D eigenvalue weighted by molar-refractivity contribution is 9.10. The van der Waals surface area contributed by atoms with E-state index in [1.807, 2.05) is 30.3 Å². The molecule has 0 unspecified atom stereocenters. The van der Waals surface area contributed by atoms with Gasteiger partial charge in [0.25, 0.3) is 5.91 Å². The largest absolute Gasteiger partial charge is 0.486 e. The summed E-state index contributed by atoms with van der Waals surface area (Å²) in [6.07, 6.45) is 1.33. The molecule has 8 nitrogen and oxygen atoms in total. The summed E-state index contributed by atoms with van der Waals surface area (Å²) in [7, 11) is 0. The van der Waals surface area contributed by atoms with Gasteiger partial charge in [-0.25, -0.2) is 0 Å². The number of amides is 2. The summed E-state index contributed by atoms with van der Waals surface area (Å²) in [5, 5.41) is 5.99. The Morgan fingerprint density at radius 1 is 1.09 bits per heavy atom. The van der Waals surface area contributed by atoms with Crippen molar-refractivity contribution in [2.75, 3.05) is 38.2 Å². The zero-order valence-corrected chi connectivity index (χ0v) is 19.0. The third kappa shape index (κ3) is 4.35. The minimum atomic E-state index is -0.581. The predicted molar refractivity (Wildman–Crippen MR) is 123 cm³/mol. The summed E-state index contributed by atoms with van der Waals surface area (Å²) in [5.74, 6) is 1.10. The highest BCUT2D eigenvalue weighted by Crippen LogP contribution is 2.33. The third-order valence-corrected chi connectivity index (χ3v) is 6.41. The maximum atomic E-state index is 12.6. The lowest BCUT2D eigenvalue weighted by Crippen LogP contribution is -2.52. The molecule has 2 aromatic rings. The van der Waals surface area contributed by atoms with Gasteiger partial charge < -0.3 is 20.1 Å². The van der Waals surface area contributed by atoms with E-state index in [0.717, 1.165) is 10.0 Å². The monoisotopic (exact) mass is 498 g/mol. The molecule has 0 bridgehead atoms. The normalized spacial score (nSPS) is 19.4. The number of likely N-dealkylation sites (tertiary alicyclic amines) is 1. The van der Waals surface area contributed by atoms with Crippen molar-refractivity contribution in [2.24, 2.45) is 4.99 Å². The molecule has 3 heterocycles. The Kier molecular flexibility index (Phi) is 5.60. The Bertz CT molecular complexity index is 1080. The summed E-state index contributed by atoms with van der Waals surface area (Å²) in [5.41, 5.74) is 1.38. The molecule has 0 atom stereocenters. The maximum absolute atomic E-state index is 12.6. The number of aliphatic imine (C=N–C) groups is 1. The second-order valence-corrected chi connectivity index (χ2v) is 9.05. The van der Waals surface area contributed by atoms with Gasteiger partial charge in [0.05, 0.1) is 6.54 Å². The lowest BCUT2D eigenvalue weighted by atomic mass is 9.98. The number of hydrogen-bond acceptors (Lipinski definition) is 6. The van der Waals surface area contributed by atoms with E-state index in [0.29, 0.717) is 62.0 Å². The smallest absolute Gasteiger partial charge is 0.272 e. The van der Waals surface area contributed by atoms with E-state index in [1.54, 1.807) is 12.1 Å². The minimum absolute atomic E-state index is 0.0906. The molecule has 1 fully saturated rings. The first-order chi connectivity index (χ1) is 15.5. The van der Waals surface area contributed by atoms with Crippen LogP contribution in [0.3, 0.4) is 0 Å². The fraction of sp³-hybridized carbons (Fsp3) is 0.348. The number of benzene rings is 2. The number of halogens is 1. The first kappa shape index (κ1) is 21.0. The van der Waals surface area contributed by atoms with Crippen LogP contribution in [-0.2, 0) is 9.59 Å². The number of anilines is 1. The molecule has 5 rings (SSSR count). The molecule has 2 amide bonds. The molecule has 0 radical (unpaired) electrons. The minimum Gasteiger partial charge on any atom is -0.486 e. The Hall–Kier alpha value is -2.91. The van der Waals surface area contributed by atoms with E-state index >= 15 is 0 Å². The summed E-state index contributed by atoms with van der Waals surface area (Å²) in [6, 6.07) is 13.0.